The Morgan fingerprint density at radius 2 is 2.15 bits per heavy atom. The van der Waals surface area contributed by atoms with Gasteiger partial charge in [0.2, 0.25) is 0 Å². The molecule has 2 rings (SSSR count). The van der Waals surface area contributed by atoms with Crippen LogP contribution in [-0.4, -0.2) is 35.2 Å². The third-order valence-electron chi connectivity index (χ3n) is 2.62. The number of carbonyl (C=O) groups excluding carboxylic acids is 1. The lowest BCUT2D eigenvalue weighted by Crippen LogP contribution is -2.44. The number of hydrogen-bond acceptors (Lipinski definition) is 3. The zero-order valence-electron chi connectivity index (χ0n) is 7.03. The summed E-state index contributed by atoms with van der Waals surface area (Å²) in [5.41, 5.74) is 0. The maximum atomic E-state index is 10.8. The van der Waals surface area contributed by atoms with Crippen molar-refractivity contribution in [2.45, 2.75) is 37.5 Å². The molecule has 2 N–H and O–H groups in total. The SMILES string of the molecule is O=C(O)C(=O)N[C@@H]1C[C@H]2CC[C@@H]1O2. The summed E-state index contributed by atoms with van der Waals surface area (Å²) < 4.78 is 5.46. The van der Waals surface area contributed by atoms with Gasteiger partial charge in [-0.1, -0.05) is 0 Å². The average Bonchev–Trinajstić information content (AvgIpc) is 2.64. The first-order valence-electron chi connectivity index (χ1n) is 4.36. The van der Waals surface area contributed by atoms with Gasteiger partial charge in [0.25, 0.3) is 0 Å². The second kappa shape index (κ2) is 2.99. The maximum Gasteiger partial charge on any atom is 0.394 e. The number of fused-ring (bicyclic) bond motifs is 2. The highest BCUT2D eigenvalue weighted by atomic mass is 16.5. The molecule has 2 saturated heterocycles. The first-order valence-corrected chi connectivity index (χ1v) is 4.36. The van der Waals surface area contributed by atoms with Crippen LogP contribution in [0, 0.1) is 0 Å². The minimum absolute atomic E-state index is 0.0355. The third-order valence-corrected chi connectivity index (χ3v) is 2.62. The van der Waals surface area contributed by atoms with Crippen LogP contribution in [0.15, 0.2) is 0 Å². The Bertz CT molecular complexity index is 253. The molecule has 1 amide bonds. The first kappa shape index (κ1) is 8.50. The molecule has 13 heavy (non-hydrogen) atoms. The number of hydrogen-bond donors (Lipinski definition) is 2. The minimum atomic E-state index is -1.43. The molecular weight excluding hydrogens is 174 g/mol. The van der Waals surface area contributed by atoms with Crippen LogP contribution in [0.1, 0.15) is 19.3 Å². The van der Waals surface area contributed by atoms with Gasteiger partial charge in [-0.3, -0.25) is 4.79 Å². The topological polar surface area (TPSA) is 75.6 Å². The zero-order valence-corrected chi connectivity index (χ0v) is 7.03. The number of ether oxygens (including phenoxy) is 1. The van der Waals surface area contributed by atoms with Crippen molar-refractivity contribution in [2.75, 3.05) is 0 Å². The van der Waals surface area contributed by atoms with Crippen LogP contribution in [-0.2, 0) is 14.3 Å². The fourth-order valence-electron chi connectivity index (χ4n) is 2.02. The molecule has 5 nitrogen and oxygen atoms in total. The molecule has 0 aliphatic carbocycles. The van der Waals surface area contributed by atoms with Gasteiger partial charge in [-0.05, 0) is 19.3 Å². The molecule has 0 aromatic carbocycles. The Morgan fingerprint density at radius 3 is 2.62 bits per heavy atom. The molecule has 72 valence electrons. The molecule has 0 aromatic rings. The van der Waals surface area contributed by atoms with E-state index in [0.717, 1.165) is 19.3 Å². The molecule has 0 radical (unpaired) electrons. The summed E-state index contributed by atoms with van der Waals surface area (Å²) in [7, 11) is 0. The lowest BCUT2D eigenvalue weighted by molar-refractivity contribution is -0.150. The van der Waals surface area contributed by atoms with Crippen molar-refractivity contribution in [3.63, 3.8) is 0 Å². The van der Waals surface area contributed by atoms with Crippen LogP contribution >= 0.6 is 0 Å². The van der Waals surface area contributed by atoms with E-state index in [9.17, 15) is 9.59 Å². The molecule has 0 unspecified atom stereocenters. The highest BCUT2D eigenvalue weighted by molar-refractivity contribution is 6.31. The molecule has 5 heteroatoms. The normalized spacial score (nSPS) is 36.2. The molecule has 0 spiro atoms. The molecular formula is C8H11NO4. The van der Waals surface area contributed by atoms with Crippen LogP contribution in [0.25, 0.3) is 0 Å². The average molecular weight is 185 g/mol. The molecule has 2 fully saturated rings. The third kappa shape index (κ3) is 1.51. The standard InChI is InChI=1S/C8H11NO4/c10-7(8(11)12)9-5-3-4-1-2-6(5)13-4/h4-6H,1-3H2,(H,9,10)(H,11,12)/t4-,5-,6+/m1/s1. The second-order valence-electron chi connectivity index (χ2n) is 3.49. The number of carboxylic acid groups (broad SMARTS) is 1. The summed E-state index contributed by atoms with van der Waals surface area (Å²) in [5.74, 6) is -2.36. The largest absolute Gasteiger partial charge is 0.474 e. The summed E-state index contributed by atoms with van der Waals surface area (Å²) in [5, 5.41) is 10.8. The van der Waals surface area contributed by atoms with Crippen molar-refractivity contribution in [3.05, 3.63) is 0 Å². The molecule has 2 aliphatic rings. The quantitative estimate of drug-likeness (QED) is 0.540. The van der Waals surface area contributed by atoms with Gasteiger partial charge in [0.1, 0.15) is 0 Å². The van der Waals surface area contributed by atoms with Crippen LogP contribution in [0.3, 0.4) is 0 Å². The second-order valence-corrected chi connectivity index (χ2v) is 3.49. The molecule has 2 aliphatic heterocycles. The van der Waals surface area contributed by atoms with Crippen LogP contribution in [0.2, 0.25) is 0 Å². The monoisotopic (exact) mass is 185 g/mol. The number of carbonyl (C=O) groups is 2. The van der Waals surface area contributed by atoms with E-state index in [-0.39, 0.29) is 18.2 Å². The smallest absolute Gasteiger partial charge is 0.394 e. The Labute approximate surface area is 75.1 Å². The van der Waals surface area contributed by atoms with E-state index in [2.05, 4.69) is 5.32 Å². The Balaban J connectivity index is 1.90. The van der Waals surface area contributed by atoms with Crippen molar-refractivity contribution >= 4 is 11.9 Å². The Hall–Kier alpha value is -1.10. The summed E-state index contributed by atoms with van der Waals surface area (Å²) in [4.78, 5) is 21.0. The first-order chi connectivity index (χ1) is 6.16. The van der Waals surface area contributed by atoms with E-state index in [1.54, 1.807) is 0 Å². The summed E-state index contributed by atoms with van der Waals surface area (Å²) >= 11 is 0. The fraction of sp³-hybridized carbons (Fsp3) is 0.750. The van der Waals surface area contributed by atoms with Crippen LogP contribution in [0.4, 0.5) is 0 Å². The van der Waals surface area contributed by atoms with Crippen molar-refractivity contribution < 1.29 is 19.4 Å². The van der Waals surface area contributed by atoms with Crippen LogP contribution in [0.5, 0.6) is 0 Å². The molecule has 3 atom stereocenters. The van der Waals surface area contributed by atoms with Crippen molar-refractivity contribution in [2.24, 2.45) is 0 Å². The van der Waals surface area contributed by atoms with Gasteiger partial charge in [0.15, 0.2) is 0 Å². The highest BCUT2D eigenvalue weighted by Gasteiger charge is 2.41. The van der Waals surface area contributed by atoms with Gasteiger partial charge in [0, 0.05) is 0 Å². The number of amides is 1. The van der Waals surface area contributed by atoms with Crippen molar-refractivity contribution in [3.8, 4) is 0 Å². The molecule has 0 aromatic heterocycles. The van der Waals surface area contributed by atoms with Gasteiger partial charge < -0.3 is 15.2 Å². The predicted octanol–water partition coefficient (Wildman–Crippen LogP) is -0.493. The summed E-state index contributed by atoms with van der Waals surface area (Å²) in [6.45, 7) is 0. The van der Waals surface area contributed by atoms with E-state index in [1.165, 1.54) is 0 Å². The molecule has 2 bridgehead atoms. The van der Waals surface area contributed by atoms with Gasteiger partial charge in [0.05, 0.1) is 18.2 Å². The molecule has 2 heterocycles. The zero-order chi connectivity index (χ0) is 9.42. The van der Waals surface area contributed by atoms with Crippen molar-refractivity contribution in [1.82, 2.24) is 5.32 Å². The lowest BCUT2D eigenvalue weighted by atomic mass is 9.95. The fourth-order valence-corrected chi connectivity index (χ4v) is 2.02. The maximum absolute atomic E-state index is 10.8. The van der Waals surface area contributed by atoms with E-state index in [4.69, 9.17) is 9.84 Å². The lowest BCUT2D eigenvalue weighted by Gasteiger charge is -2.18. The Morgan fingerprint density at radius 1 is 1.38 bits per heavy atom. The predicted molar refractivity (Wildman–Crippen MR) is 42.1 cm³/mol. The van der Waals surface area contributed by atoms with E-state index >= 15 is 0 Å². The molecule has 0 saturated carbocycles. The number of carboxylic acids is 1. The number of nitrogens with one attached hydrogen (secondary N) is 1. The minimum Gasteiger partial charge on any atom is -0.474 e. The Kier molecular flexibility index (Phi) is 1.95. The van der Waals surface area contributed by atoms with Gasteiger partial charge >= 0.3 is 11.9 Å². The summed E-state index contributed by atoms with van der Waals surface area (Å²) in [6.07, 6.45) is 2.97. The number of aliphatic carboxylic acids is 1. The van der Waals surface area contributed by atoms with Gasteiger partial charge in [-0.15, -0.1) is 0 Å². The van der Waals surface area contributed by atoms with E-state index in [0.29, 0.717) is 0 Å². The summed E-state index contributed by atoms with van der Waals surface area (Å²) in [6, 6.07) is -0.0950. The van der Waals surface area contributed by atoms with E-state index in [1.807, 2.05) is 0 Å². The van der Waals surface area contributed by atoms with Crippen molar-refractivity contribution in [1.29, 1.82) is 0 Å². The van der Waals surface area contributed by atoms with Crippen LogP contribution < -0.4 is 5.32 Å². The number of rotatable bonds is 1. The highest BCUT2D eigenvalue weighted by Crippen LogP contribution is 2.34. The van der Waals surface area contributed by atoms with Gasteiger partial charge in [-0.2, -0.15) is 0 Å². The van der Waals surface area contributed by atoms with E-state index < -0.39 is 11.9 Å². The van der Waals surface area contributed by atoms with Gasteiger partial charge in [-0.25, -0.2) is 4.79 Å².